The van der Waals surface area contributed by atoms with Crippen LogP contribution in [0.2, 0.25) is 0 Å². The van der Waals surface area contributed by atoms with Crippen LogP contribution >= 0.6 is 0 Å². The summed E-state index contributed by atoms with van der Waals surface area (Å²) in [4.78, 5) is 14.1. The number of carbonyl (C=O) groups is 1. The maximum Gasteiger partial charge on any atom is 0.225 e. The van der Waals surface area contributed by atoms with Crippen molar-refractivity contribution in [2.24, 2.45) is 11.8 Å². The molecule has 4 heteroatoms. The second-order valence-corrected chi connectivity index (χ2v) is 5.23. The fourth-order valence-corrected chi connectivity index (χ4v) is 3.05. The van der Waals surface area contributed by atoms with Gasteiger partial charge in [-0.1, -0.05) is 6.92 Å². The van der Waals surface area contributed by atoms with Gasteiger partial charge in [0.2, 0.25) is 5.91 Å². The van der Waals surface area contributed by atoms with Crippen LogP contribution in [0.4, 0.5) is 0 Å². The molecule has 17 heavy (non-hydrogen) atoms. The molecule has 0 saturated carbocycles. The third kappa shape index (κ3) is 2.80. The lowest BCUT2D eigenvalue weighted by molar-refractivity contribution is -0.133. The summed E-state index contributed by atoms with van der Waals surface area (Å²) >= 11 is 0. The Morgan fingerprint density at radius 1 is 1.41 bits per heavy atom. The van der Waals surface area contributed by atoms with Gasteiger partial charge in [-0.2, -0.15) is 0 Å². The molecule has 0 radical (unpaired) electrons. The van der Waals surface area contributed by atoms with Crippen molar-refractivity contribution in [3.63, 3.8) is 0 Å². The number of nitrogens with zero attached hydrogens (tertiary/aromatic N) is 1. The van der Waals surface area contributed by atoms with Gasteiger partial charge in [0.05, 0.1) is 13.0 Å². The van der Waals surface area contributed by atoms with Crippen molar-refractivity contribution in [3.8, 4) is 0 Å². The van der Waals surface area contributed by atoms with Gasteiger partial charge in [-0.3, -0.25) is 4.79 Å². The Morgan fingerprint density at radius 3 is 2.94 bits per heavy atom. The second kappa shape index (κ2) is 5.83. The summed E-state index contributed by atoms with van der Waals surface area (Å²) in [7, 11) is 0. The Balaban J connectivity index is 1.76. The van der Waals surface area contributed by atoms with E-state index in [1.807, 2.05) is 0 Å². The normalized spacial score (nSPS) is 31.9. The van der Waals surface area contributed by atoms with Crippen LogP contribution in [-0.2, 0) is 9.53 Å². The van der Waals surface area contributed by atoms with Gasteiger partial charge in [0.1, 0.15) is 0 Å². The van der Waals surface area contributed by atoms with Crippen LogP contribution in [0.15, 0.2) is 0 Å². The number of hydrogen-bond acceptors (Lipinski definition) is 3. The van der Waals surface area contributed by atoms with Gasteiger partial charge >= 0.3 is 0 Å². The van der Waals surface area contributed by atoms with Crippen LogP contribution in [0.1, 0.15) is 26.7 Å². The van der Waals surface area contributed by atoms with Gasteiger partial charge in [0, 0.05) is 32.3 Å². The van der Waals surface area contributed by atoms with E-state index in [1.165, 1.54) is 0 Å². The van der Waals surface area contributed by atoms with Crippen LogP contribution in [0.5, 0.6) is 0 Å². The molecule has 0 bridgehead atoms. The van der Waals surface area contributed by atoms with Crippen LogP contribution in [0.25, 0.3) is 0 Å². The average Bonchev–Trinajstić information content (AvgIpc) is 2.88. The van der Waals surface area contributed by atoms with Crippen LogP contribution in [0.3, 0.4) is 0 Å². The summed E-state index contributed by atoms with van der Waals surface area (Å²) < 4.78 is 5.38. The molecule has 2 rings (SSSR count). The topological polar surface area (TPSA) is 41.6 Å². The summed E-state index contributed by atoms with van der Waals surface area (Å²) in [6.07, 6.45) is 1.56. The first-order valence-electron chi connectivity index (χ1n) is 6.82. The molecule has 2 saturated heterocycles. The van der Waals surface area contributed by atoms with Crippen LogP contribution in [0, 0.1) is 11.8 Å². The minimum absolute atomic E-state index is 0.267. The minimum atomic E-state index is 0.267. The first-order chi connectivity index (χ1) is 8.24. The summed E-state index contributed by atoms with van der Waals surface area (Å²) in [5.41, 5.74) is 0. The maximum absolute atomic E-state index is 12.1. The van der Waals surface area contributed by atoms with Gasteiger partial charge in [-0.25, -0.2) is 0 Å². The predicted molar refractivity (Wildman–Crippen MR) is 66.8 cm³/mol. The van der Waals surface area contributed by atoms with Crippen molar-refractivity contribution in [3.05, 3.63) is 0 Å². The molecule has 1 N–H and O–H groups in total. The smallest absolute Gasteiger partial charge is 0.225 e. The molecule has 0 aromatic heterocycles. The molecule has 98 valence electrons. The molecule has 2 aliphatic rings. The highest BCUT2D eigenvalue weighted by Gasteiger charge is 2.43. The zero-order valence-corrected chi connectivity index (χ0v) is 10.9. The summed E-state index contributed by atoms with van der Waals surface area (Å²) in [5, 5.41) is 3.41. The van der Waals surface area contributed by atoms with E-state index >= 15 is 0 Å². The Kier molecular flexibility index (Phi) is 4.40. The maximum atomic E-state index is 12.1. The van der Waals surface area contributed by atoms with Crippen molar-refractivity contribution >= 4 is 5.91 Å². The Morgan fingerprint density at radius 2 is 2.24 bits per heavy atom. The fraction of sp³-hybridized carbons (Fsp3) is 0.923. The van der Waals surface area contributed by atoms with Crippen molar-refractivity contribution in [1.29, 1.82) is 0 Å². The monoisotopic (exact) mass is 240 g/mol. The highest BCUT2D eigenvalue weighted by atomic mass is 16.5. The quantitative estimate of drug-likeness (QED) is 0.725. The van der Waals surface area contributed by atoms with Crippen molar-refractivity contribution in [1.82, 2.24) is 10.2 Å². The number of fused-ring (bicyclic) bond motifs is 1. The van der Waals surface area contributed by atoms with Crippen LogP contribution in [-0.4, -0.2) is 49.7 Å². The summed E-state index contributed by atoms with van der Waals surface area (Å²) in [6, 6.07) is 0.397. The molecule has 2 fully saturated rings. The van der Waals surface area contributed by atoms with E-state index in [0.29, 0.717) is 30.9 Å². The molecule has 3 unspecified atom stereocenters. The van der Waals surface area contributed by atoms with Crippen molar-refractivity contribution < 1.29 is 9.53 Å². The number of nitrogens with one attached hydrogen (secondary N) is 1. The van der Waals surface area contributed by atoms with Gasteiger partial charge in [0.15, 0.2) is 0 Å². The van der Waals surface area contributed by atoms with Gasteiger partial charge < -0.3 is 15.0 Å². The van der Waals surface area contributed by atoms with Gasteiger partial charge in [0.25, 0.3) is 0 Å². The zero-order valence-electron chi connectivity index (χ0n) is 10.9. The Labute approximate surface area is 104 Å². The molecular formula is C13H24N2O2. The molecule has 0 spiro atoms. The number of carbonyl (C=O) groups excluding carboxylic acids is 1. The second-order valence-electron chi connectivity index (χ2n) is 5.23. The molecule has 1 amide bonds. The molecule has 4 nitrogen and oxygen atoms in total. The third-order valence-electron chi connectivity index (χ3n) is 4.06. The van der Waals surface area contributed by atoms with Crippen molar-refractivity contribution in [2.45, 2.75) is 32.7 Å². The molecule has 0 aromatic rings. The standard InChI is InChI=1S/C13H24N2O2/c1-3-5-17-6-4-13(16)15-9-11-7-14-8-12(11)10(15)2/h10-12,14H,3-9H2,1-2H3. The lowest BCUT2D eigenvalue weighted by Gasteiger charge is -2.24. The molecule has 0 aliphatic carbocycles. The lowest BCUT2D eigenvalue weighted by atomic mass is 9.95. The molecule has 2 aliphatic heterocycles. The summed E-state index contributed by atoms with van der Waals surface area (Å²) in [6.45, 7) is 8.68. The minimum Gasteiger partial charge on any atom is -0.381 e. The third-order valence-corrected chi connectivity index (χ3v) is 4.06. The Hall–Kier alpha value is -0.610. The first kappa shape index (κ1) is 12.8. The number of rotatable bonds is 5. The van der Waals surface area contributed by atoms with Gasteiger partial charge in [-0.15, -0.1) is 0 Å². The predicted octanol–water partition coefficient (Wildman–Crippen LogP) is 0.869. The summed E-state index contributed by atoms with van der Waals surface area (Å²) in [5.74, 6) is 1.60. The SMILES string of the molecule is CCCOCCC(=O)N1CC2CNCC2C1C. The van der Waals surface area contributed by atoms with E-state index in [4.69, 9.17) is 4.74 Å². The van der Waals surface area contributed by atoms with E-state index in [9.17, 15) is 4.79 Å². The Bertz CT molecular complexity index is 270. The van der Waals surface area contributed by atoms with E-state index < -0.39 is 0 Å². The highest BCUT2D eigenvalue weighted by Crippen LogP contribution is 2.32. The zero-order chi connectivity index (χ0) is 12.3. The number of amides is 1. The molecule has 2 heterocycles. The fourth-order valence-electron chi connectivity index (χ4n) is 3.05. The van der Waals surface area contributed by atoms with Gasteiger partial charge in [-0.05, 0) is 25.2 Å². The lowest BCUT2D eigenvalue weighted by Crippen LogP contribution is -2.38. The molecular weight excluding hydrogens is 216 g/mol. The highest BCUT2D eigenvalue weighted by molar-refractivity contribution is 5.77. The largest absolute Gasteiger partial charge is 0.381 e. The number of likely N-dealkylation sites (tertiary alicyclic amines) is 1. The molecule has 3 atom stereocenters. The average molecular weight is 240 g/mol. The van der Waals surface area contributed by atoms with E-state index in [0.717, 1.165) is 32.7 Å². The number of ether oxygens (including phenoxy) is 1. The first-order valence-corrected chi connectivity index (χ1v) is 6.82. The van der Waals surface area contributed by atoms with E-state index in [2.05, 4.69) is 24.1 Å². The van der Waals surface area contributed by atoms with E-state index in [1.54, 1.807) is 0 Å². The van der Waals surface area contributed by atoms with E-state index in [-0.39, 0.29) is 5.91 Å². The number of hydrogen-bond donors (Lipinski definition) is 1. The van der Waals surface area contributed by atoms with Crippen LogP contribution < -0.4 is 5.32 Å². The molecule has 0 aromatic carbocycles. The van der Waals surface area contributed by atoms with Crippen molar-refractivity contribution in [2.75, 3.05) is 32.8 Å².